The number of nitrogens with two attached hydrogens (primary N) is 1. The molecule has 1 aliphatic rings. The van der Waals surface area contributed by atoms with E-state index in [0.29, 0.717) is 18.0 Å². The molecule has 0 radical (unpaired) electrons. The third kappa shape index (κ3) is 4.90. The summed E-state index contributed by atoms with van der Waals surface area (Å²) in [4.78, 5) is 13.2. The van der Waals surface area contributed by atoms with Gasteiger partial charge in [0.2, 0.25) is 0 Å². The number of nitrogens with one attached hydrogen (secondary N) is 4. The Morgan fingerprint density at radius 3 is 2.58 bits per heavy atom. The Labute approximate surface area is 193 Å². The van der Waals surface area contributed by atoms with Crippen LogP contribution in [0, 0.1) is 10.9 Å². The van der Waals surface area contributed by atoms with E-state index >= 15 is 0 Å². The first kappa shape index (κ1) is 22.5. The Morgan fingerprint density at radius 2 is 1.85 bits per heavy atom. The van der Waals surface area contributed by atoms with Crippen LogP contribution < -0.4 is 11.1 Å². The van der Waals surface area contributed by atoms with Crippen molar-refractivity contribution in [1.29, 1.82) is 10.9 Å². The molecule has 6 N–H and O–H groups in total. The maximum absolute atomic E-state index is 7.85. The first-order valence-corrected chi connectivity index (χ1v) is 11.4. The fourth-order valence-corrected chi connectivity index (χ4v) is 4.46. The number of rotatable bonds is 5. The number of H-pyrrole nitrogens is 1. The van der Waals surface area contributed by atoms with Gasteiger partial charge in [-0.3, -0.25) is 5.41 Å². The summed E-state index contributed by atoms with van der Waals surface area (Å²) in [6.07, 6.45) is 6.79. The van der Waals surface area contributed by atoms with Gasteiger partial charge < -0.3 is 16.0 Å². The number of aromatic amines is 1. The number of fused-ring (bicyclic) bond motifs is 3. The van der Waals surface area contributed by atoms with E-state index in [9.17, 15) is 0 Å². The van der Waals surface area contributed by atoms with Crippen molar-refractivity contribution in [2.45, 2.75) is 44.6 Å². The quantitative estimate of drug-likeness (QED) is 0.161. The van der Waals surface area contributed by atoms with Crippen LogP contribution in [0.4, 0.5) is 5.82 Å². The lowest BCUT2D eigenvalue weighted by Crippen LogP contribution is -2.23. The largest absolute Gasteiger partial charge is 0.367 e. The van der Waals surface area contributed by atoms with Gasteiger partial charge in [-0.1, -0.05) is 61.7 Å². The second-order valence-corrected chi connectivity index (χ2v) is 8.20. The summed E-state index contributed by atoms with van der Waals surface area (Å²) < 4.78 is 0. The van der Waals surface area contributed by atoms with Crippen molar-refractivity contribution in [3.63, 3.8) is 0 Å². The zero-order chi connectivity index (χ0) is 23.2. The second-order valence-electron chi connectivity index (χ2n) is 8.20. The molecular formula is C25H30N8. The summed E-state index contributed by atoms with van der Waals surface area (Å²) in [5, 5.41) is 16.8. The average Bonchev–Trinajstić information content (AvgIpc) is 3.24. The molecule has 0 atom stereocenters. The first-order chi connectivity index (χ1) is 16.2. The summed E-state index contributed by atoms with van der Waals surface area (Å²) in [5.41, 5.74) is 15.1. The lowest BCUT2D eigenvalue weighted by atomic mass is 9.95. The van der Waals surface area contributed by atoms with Gasteiger partial charge >= 0.3 is 0 Å². The van der Waals surface area contributed by atoms with Gasteiger partial charge in [-0.2, -0.15) is 0 Å². The zero-order valence-electron chi connectivity index (χ0n) is 18.9. The van der Waals surface area contributed by atoms with E-state index in [2.05, 4.69) is 33.3 Å². The van der Waals surface area contributed by atoms with Crippen LogP contribution in [0.2, 0.25) is 0 Å². The Balaban J connectivity index is 0.00000126. The molecule has 1 aliphatic carbocycles. The molecule has 0 bridgehead atoms. The van der Waals surface area contributed by atoms with Gasteiger partial charge in [-0.05, 0) is 31.5 Å². The van der Waals surface area contributed by atoms with Crippen LogP contribution in [0.15, 0.2) is 53.6 Å². The van der Waals surface area contributed by atoms with Gasteiger partial charge in [0.15, 0.2) is 5.84 Å². The molecule has 0 amide bonds. The van der Waals surface area contributed by atoms with Crippen molar-refractivity contribution in [3.05, 3.63) is 65.5 Å². The summed E-state index contributed by atoms with van der Waals surface area (Å²) in [7, 11) is 1.50. The molecule has 0 saturated heterocycles. The molecule has 8 heteroatoms. The highest BCUT2D eigenvalue weighted by atomic mass is 15.1. The normalized spacial score (nSPS) is 14.0. The maximum atomic E-state index is 7.85. The smallest absolute Gasteiger partial charge is 0.173 e. The van der Waals surface area contributed by atoms with Gasteiger partial charge in [-0.25, -0.2) is 15.5 Å². The Kier molecular flexibility index (Phi) is 7.04. The monoisotopic (exact) mass is 442 g/mol. The topological polar surface area (TPSA) is 140 Å². The number of aromatic nitrogens is 3. The number of hydrogen-bond acceptors (Lipinski definition) is 6. The molecule has 1 fully saturated rings. The van der Waals surface area contributed by atoms with Gasteiger partial charge in [0, 0.05) is 28.9 Å². The van der Waals surface area contributed by atoms with Gasteiger partial charge in [0.05, 0.1) is 5.39 Å². The van der Waals surface area contributed by atoms with E-state index in [1.54, 1.807) is 0 Å². The number of hydrogen-bond donors (Lipinski definition) is 5. The van der Waals surface area contributed by atoms with Crippen LogP contribution in [0.1, 0.15) is 49.1 Å². The van der Waals surface area contributed by atoms with E-state index in [0.717, 1.165) is 46.4 Å². The van der Waals surface area contributed by atoms with Crippen molar-refractivity contribution in [3.8, 4) is 0 Å². The molecule has 170 valence electrons. The third-order valence-corrected chi connectivity index (χ3v) is 6.03. The molecule has 8 nitrogen and oxygen atoms in total. The number of amidine groups is 1. The van der Waals surface area contributed by atoms with Crippen LogP contribution in [0.25, 0.3) is 21.9 Å². The summed E-state index contributed by atoms with van der Waals surface area (Å²) in [6.45, 7) is 0. The van der Waals surface area contributed by atoms with Crippen molar-refractivity contribution in [1.82, 2.24) is 15.0 Å². The molecule has 0 unspecified atom stereocenters. The lowest BCUT2D eigenvalue weighted by Gasteiger charge is -2.24. The van der Waals surface area contributed by atoms with Crippen LogP contribution in [-0.4, -0.2) is 33.9 Å². The van der Waals surface area contributed by atoms with Crippen LogP contribution in [-0.2, 0) is 6.42 Å². The Hall–Kier alpha value is -3.65. The Bertz CT molecular complexity index is 1260. The maximum Gasteiger partial charge on any atom is 0.173 e. The predicted octanol–water partition coefficient (Wildman–Crippen LogP) is 5.38. The molecule has 1 saturated carbocycles. The van der Waals surface area contributed by atoms with Crippen LogP contribution >= 0.6 is 0 Å². The summed E-state index contributed by atoms with van der Waals surface area (Å²) >= 11 is 0. The van der Waals surface area contributed by atoms with E-state index in [1.165, 1.54) is 31.9 Å². The van der Waals surface area contributed by atoms with Crippen molar-refractivity contribution in [2.75, 3.05) is 12.4 Å². The highest BCUT2D eigenvalue weighted by Gasteiger charge is 2.19. The van der Waals surface area contributed by atoms with Gasteiger partial charge in [0.1, 0.15) is 17.3 Å². The number of nitrogens with zero attached hydrogens (tertiary/aromatic N) is 3. The highest BCUT2D eigenvalue weighted by Crippen LogP contribution is 2.32. The fourth-order valence-electron chi connectivity index (χ4n) is 4.46. The molecule has 0 spiro atoms. The predicted molar refractivity (Wildman–Crippen MR) is 133 cm³/mol. The molecule has 0 aliphatic heterocycles. The van der Waals surface area contributed by atoms with Gasteiger partial charge in [-0.15, -0.1) is 5.11 Å². The minimum Gasteiger partial charge on any atom is -0.367 e. The standard InChI is InChI=1S/C24H25N7.CH5N/c25-22(31-26)16-11-12-18-19(14-16)28-24-21(18)23(27-17-9-5-2-6-10-17)29-20(30-24)13-15-7-3-1-4-8-15;1-2/h1,3-4,7-8,11-12,14,17,25-26H,2,5-6,9-10,13H2,(H2,27,28,29,30);2H2,1H3. The first-order valence-electron chi connectivity index (χ1n) is 11.4. The van der Waals surface area contributed by atoms with Crippen molar-refractivity contribution < 1.29 is 0 Å². The summed E-state index contributed by atoms with van der Waals surface area (Å²) in [5.74, 6) is 1.59. The molecule has 2 aromatic carbocycles. The molecule has 2 aromatic heterocycles. The SMILES string of the molecule is CN.N=NC(=N)c1ccc2c(c1)[nH]c1nc(Cc3ccccc3)nc(NC3CCCCC3)c12. The van der Waals surface area contributed by atoms with E-state index < -0.39 is 0 Å². The van der Waals surface area contributed by atoms with E-state index in [4.69, 9.17) is 20.9 Å². The minimum atomic E-state index is -0.0584. The highest BCUT2D eigenvalue weighted by molar-refractivity contribution is 6.13. The number of anilines is 1. The van der Waals surface area contributed by atoms with Gasteiger partial charge in [0.25, 0.3) is 0 Å². The van der Waals surface area contributed by atoms with E-state index in [-0.39, 0.29) is 5.84 Å². The third-order valence-electron chi connectivity index (χ3n) is 6.03. The average molecular weight is 443 g/mol. The van der Waals surface area contributed by atoms with Crippen molar-refractivity contribution >= 4 is 33.6 Å². The molecule has 33 heavy (non-hydrogen) atoms. The molecule has 4 aromatic rings. The minimum absolute atomic E-state index is 0.0584. The Morgan fingerprint density at radius 1 is 1.09 bits per heavy atom. The van der Waals surface area contributed by atoms with Crippen LogP contribution in [0.3, 0.4) is 0 Å². The fraction of sp³-hybridized carbons (Fsp3) is 0.320. The van der Waals surface area contributed by atoms with Crippen molar-refractivity contribution in [2.24, 2.45) is 10.8 Å². The molecule has 5 rings (SSSR count). The second kappa shape index (κ2) is 10.3. The summed E-state index contributed by atoms with van der Waals surface area (Å²) in [6, 6.07) is 16.4. The molecular weight excluding hydrogens is 412 g/mol. The lowest BCUT2D eigenvalue weighted by molar-refractivity contribution is 0.462. The zero-order valence-corrected chi connectivity index (χ0v) is 18.9. The van der Waals surface area contributed by atoms with Crippen LogP contribution in [0.5, 0.6) is 0 Å². The van der Waals surface area contributed by atoms with E-state index in [1.807, 2.05) is 36.4 Å². The molecule has 2 heterocycles. The number of benzene rings is 2.